The van der Waals surface area contributed by atoms with Crippen molar-refractivity contribution in [2.24, 2.45) is 5.73 Å². The van der Waals surface area contributed by atoms with Crippen molar-refractivity contribution >= 4 is 21.6 Å². The molecule has 158 valence electrons. The Labute approximate surface area is 173 Å². The number of anilines is 1. The van der Waals surface area contributed by atoms with Gasteiger partial charge in [0.1, 0.15) is 4.90 Å². The van der Waals surface area contributed by atoms with E-state index in [2.05, 4.69) is 12.2 Å². The fourth-order valence-corrected chi connectivity index (χ4v) is 4.26. The summed E-state index contributed by atoms with van der Waals surface area (Å²) in [4.78, 5) is 12.3. The SMILES string of the molecule is CCCCCc1c(C(=O)CN)cc(S(=O)(=O)O)c(Cc2ccccc2)c1NCC. The van der Waals surface area contributed by atoms with Crippen molar-refractivity contribution in [3.63, 3.8) is 0 Å². The molecule has 0 aliphatic rings. The van der Waals surface area contributed by atoms with E-state index in [0.717, 1.165) is 30.4 Å². The molecule has 0 radical (unpaired) electrons. The summed E-state index contributed by atoms with van der Waals surface area (Å²) in [6.07, 6.45) is 3.84. The molecule has 2 aromatic rings. The van der Waals surface area contributed by atoms with Crippen LogP contribution in [0.15, 0.2) is 41.3 Å². The molecule has 0 amide bonds. The number of carbonyl (C=O) groups is 1. The minimum atomic E-state index is -4.53. The van der Waals surface area contributed by atoms with Crippen LogP contribution in [-0.2, 0) is 23.0 Å². The number of unbranched alkanes of at least 4 members (excludes halogenated alkanes) is 2. The molecule has 0 aromatic heterocycles. The van der Waals surface area contributed by atoms with Gasteiger partial charge in [0.15, 0.2) is 5.78 Å². The van der Waals surface area contributed by atoms with Gasteiger partial charge in [0.05, 0.1) is 6.54 Å². The van der Waals surface area contributed by atoms with Crippen LogP contribution in [0.3, 0.4) is 0 Å². The zero-order valence-corrected chi connectivity index (χ0v) is 17.9. The molecule has 0 aliphatic heterocycles. The number of ketones is 1. The number of hydrogen-bond acceptors (Lipinski definition) is 5. The molecule has 0 unspecified atom stereocenters. The average Bonchev–Trinajstić information content (AvgIpc) is 2.69. The third-order valence-corrected chi connectivity index (χ3v) is 5.79. The van der Waals surface area contributed by atoms with Crippen molar-refractivity contribution in [1.29, 1.82) is 0 Å². The first kappa shape index (κ1) is 23.1. The predicted molar refractivity (Wildman–Crippen MR) is 116 cm³/mol. The Kier molecular flexibility index (Phi) is 8.37. The second kappa shape index (κ2) is 10.5. The van der Waals surface area contributed by atoms with E-state index in [4.69, 9.17) is 5.73 Å². The van der Waals surface area contributed by atoms with E-state index in [1.807, 2.05) is 37.3 Å². The van der Waals surface area contributed by atoms with Gasteiger partial charge in [-0.15, -0.1) is 0 Å². The average molecular weight is 419 g/mol. The summed E-state index contributed by atoms with van der Waals surface area (Å²) in [6, 6.07) is 10.7. The Hall–Kier alpha value is -2.22. The summed E-state index contributed by atoms with van der Waals surface area (Å²) in [6.45, 7) is 4.33. The number of nitrogens with one attached hydrogen (secondary N) is 1. The monoisotopic (exact) mass is 418 g/mol. The van der Waals surface area contributed by atoms with Gasteiger partial charge in [-0.1, -0.05) is 50.1 Å². The van der Waals surface area contributed by atoms with Crippen LogP contribution in [0.4, 0.5) is 5.69 Å². The zero-order chi connectivity index (χ0) is 21.4. The Morgan fingerprint density at radius 1 is 1.10 bits per heavy atom. The normalized spacial score (nSPS) is 11.4. The maximum Gasteiger partial charge on any atom is 0.294 e. The minimum Gasteiger partial charge on any atom is -0.385 e. The molecular weight excluding hydrogens is 388 g/mol. The lowest BCUT2D eigenvalue weighted by molar-refractivity contribution is 0.1000. The largest absolute Gasteiger partial charge is 0.385 e. The first-order valence-electron chi connectivity index (χ1n) is 10.0. The van der Waals surface area contributed by atoms with Crippen molar-refractivity contribution in [1.82, 2.24) is 0 Å². The van der Waals surface area contributed by atoms with E-state index in [0.29, 0.717) is 30.6 Å². The highest BCUT2D eigenvalue weighted by atomic mass is 32.2. The Morgan fingerprint density at radius 3 is 2.34 bits per heavy atom. The van der Waals surface area contributed by atoms with E-state index >= 15 is 0 Å². The van der Waals surface area contributed by atoms with Gasteiger partial charge in [-0.25, -0.2) is 0 Å². The van der Waals surface area contributed by atoms with Crippen LogP contribution in [0.25, 0.3) is 0 Å². The summed E-state index contributed by atoms with van der Waals surface area (Å²) in [7, 11) is -4.53. The summed E-state index contributed by atoms with van der Waals surface area (Å²) >= 11 is 0. The molecule has 0 saturated heterocycles. The molecule has 2 rings (SSSR count). The minimum absolute atomic E-state index is 0.227. The van der Waals surface area contributed by atoms with Gasteiger partial charge in [0.25, 0.3) is 10.1 Å². The Morgan fingerprint density at radius 2 is 1.79 bits per heavy atom. The molecule has 7 heteroatoms. The fourth-order valence-electron chi connectivity index (χ4n) is 3.51. The second-order valence-corrected chi connectivity index (χ2v) is 8.40. The van der Waals surface area contributed by atoms with Gasteiger partial charge >= 0.3 is 0 Å². The van der Waals surface area contributed by atoms with E-state index in [1.54, 1.807) is 0 Å². The standard InChI is InChI=1S/C22H30N2O4S/c1-3-5-7-12-17-18(20(25)15-23)14-21(29(26,27)28)19(22(17)24-4-2)13-16-10-8-6-9-11-16/h6,8-11,14,24H,3-5,7,12-13,15,23H2,1-2H3,(H,26,27,28). The molecule has 6 nitrogen and oxygen atoms in total. The lowest BCUT2D eigenvalue weighted by Crippen LogP contribution is -2.20. The number of carbonyl (C=O) groups excluding carboxylic acids is 1. The van der Waals surface area contributed by atoms with Crippen LogP contribution < -0.4 is 11.1 Å². The lowest BCUT2D eigenvalue weighted by atomic mass is 9.91. The molecule has 0 saturated carbocycles. The van der Waals surface area contributed by atoms with Gasteiger partial charge in [0.2, 0.25) is 0 Å². The summed E-state index contributed by atoms with van der Waals surface area (Å²) < 4.78 is 34.4. The molecule has 0 fully saturated rings. The van der Waals surface area contributed by atoms with Gasteiger partial charge < -0.3 is 11.1 Å². The quantitative estimate of drug-likeness (QED) is 0.291. The van der Waals surface area contributed by atoms with Gasteiger partial charge in [-0.3, -0.25) is 9.35 Å². The number of hydrogen-bond donors (Lipinski definition) is 3. The van der Waals surface area contributed by atoms with Crippen LogP contribution >= 0.6 is 0 Å². The molecule has 0 atom stereocenters. The molecule has 4 N–H and O–H groups in total. The highest BCUT2D eigenvalue weighted by Gasteiger charge is 2.26. The number of rotatable bonds is 11. The van der Waals surface area contributed by atoms with Crippen LogP contribution in [0.5, 0.6) is 0 Å². The van der Waals surface area contributed by atoms with E-state index in [-0.39, 0.29) is 22.8 Å². The first-order chi connectivity index (χ1) is 13.8. The molecule has 0 bridgehead atoms. The van der Waals surface area contributed by atoms with Crippen LogP contribution in [0, 0.1) is 0 Å². The first-order valence-corrected chi connectivity index (χ1v) is 11.4. The summed E-state index contributed by atoms with van der Waals surface area (Å²) in [5.74, 6) is -0.341. The third-order valence-electron chi connectivity index (χ3n) is 4.87. The topological polar surface area (TPSA) is 109 Å². The smallest absolute Gasteiger partial charge is 0.294 e. The number of Topliss-reactive ketones (excluding diaryl/α,β-unsaturated/α-hetero) is 1. The van der Waals surface area contributed by atoms with E-state index in [9.17, 15) is 17.8 Å². The second-order valence-electron chi connectivity index (χ2n) is 7.01. The van der Waals surface area contributed by atoms with Crippen molar-refractivity contribution in [3.8, 4) is 0 Å². The summed E-state index contributed by atoms with van der Waals surface area (Å²) in [5.41, 5.74) is 8.62. The number of benzene rings is 2. The lowest BCUT2D eigenvalue weighted by Gasteiger charge is -2.22. The van der Waals surface area contributed by atoms with Crippen LogP contribution in [0.1, 0.15) is 60.2 Å². The third kappa shape index (κ3) is 5.88. The Balaban J connectivity index is 2.78. The predicted octanol–water partition coefficient (Wildman–Crippen LogP) is 3.83. The van der Waals surface area contributed by atoms with Gasteiger partial charge in [-0.05, 0) is 37.0 Å². The molecular formula is C22H30N2O4S. The van der Waals surface area contributed by atoms with Crippen molar-refractivity contribution in [2.75, 3.05) is 18.4 Å². The summed E-state index contributed by atoms with van der Waals surface area (Å²) in [5, 5.41) is 3.26. The van der Waals surface area contributed by atoms with Gasteiger partial charge in [0, 0.05) is 29.8 Å². The Bertz CT molecular complexity index is 941. The maximum atomic E-state index is 12.5. The van der Waals surface area contributed by atoms with E-state index in [1.165, 1.54) is 6.07 Å². The van der Waals surface area contributed by atoms with Crippen molar-refractivity contribution < 1.29 is 17.8 Å². The number of nitrogens with two attached hydrogens (primary N) is 1. The van der Waals surface area contributed by atoms with Crippen molar-refractivity contribution in [2.45, 2.75) is 50.8 Å². The molecule has 0 heterocycles. The molecule has 2 aromatic carbocycles. The van der Waals surface area contributed by atoms with Crippen LogP contribution in [-0.4, -0.2) is 31.8 Å². The van der Waals surface area contributed by atoms with Crippen LogP contribution in [0.2, 0.25) is 0 Å². The van der Waals surface area contributed by atoms with E-state index < -0.39 is 10.1 Å². The zero-order valence-electron chi connectivity index (χ0n) is 17.1. The molecule has 0 aliphatic carbocycles. The highest BCUT2D eigenvalue weighted by Crippen LogP contribution is 2.34. The maximum absolute atomic E-state index is 12.5. The van der Waals surface area contributed by atoms with Crippen molar-refractivity contribution in [3.05, 3.63) is 58.7 Å². The molecule has 29 heavy (non-hydrogen) atoms. The fraction of sp³-hybridized carbons (Fsp3) is 0.409. The molecule has 0 spiro atoms. The van der Waals surface area contributed by atoms with Gasteiger partial charge in [-0.2, -0.15) is 8.42 Å². The highest BCUT2D eigenvalue weighted by molar-refractivity contribution is 7.85.